The number of rotatable bonds is 2. The molecule has 23 heavy (non-hydrogen) atoms. The van der Waals surface area contributed by atoms with E-state index in [9.17, 15) is 4.79 Å². The zero-order valence-electron chi connectivity index (χ0n) is 12.9. The molecule has 2 fully saturated rings. The summed E-state index contributed by atoms with van der Waals surface area (Å²) in [5.74, 6) is 1.01. The van der Waals surface area contributed by atoms with Crippen molar-refractivity contribution >= 4 is 23.3 Å². The van der Waals surface area contributed by atoms with Crippen LogP contribution in [0.2, 0.25) is 5.02 Å². The average Bonchev–Trinajstić information content (AvgIpc) is 2.62. The lowest BCUT2D eigenvalue weighted by Gasteiger charge is -2.36. The predicted octanol–water partition coefficient (Wildman–Crippen LogP) is 1.68. The molecule has 1 aromatic heterocycles. The van der Waals surface area contributed by atoms with E-state index >= 15 is 0 Å². The molecule has 2 aliphatic heterocycles. The third-order valence-corrected chi connectivity index (χ3v) is 4.70. The van der Waals surface area contributed by atoms with Gasteiger partial charge < -0.3 is 14.5 Å². The minimum Gasteiger partial charge on any atom is -0.378 e. The number of amides is 1. The molecule has 2 saturated heterocycles. The molecule has 0 spiro atoms. The number of carbonyl (C=O) groups is 1. The number of halogens is 1. The second kappa shape index (κ2) is 7.16. The first-order chi connectivity index (χ1) is 11.2. The molecule has 0 bridgehead atoms. The van der Waals surface area contributed by atoms with E-state index in [1.807, 2.05) is 11.0 Å². The van der Waals surface area contributed by atoms with Gasteiger partial charge in [-0.2, -0.15) is 5.26 Å². The Morgan fingerprint density at radius 1 is 1.30 bits per heavy atom. The number of piperidine rings is 1. The number of nitrogens with zero attached hydrogens (tertiary/aromatic N) is 4. The van der Waals surface area contributed by atoms with Gasteiger partial charge in [0, 0.05) is 38.3 Å². The van der Waals surface area contributed by atoms with Crippen molar-refractivity contribution in [2.24, 2.45) is 5.92 Å². The van der Waals surface area contributed by atoms with Gasteiger partial charge in [0.2, 0.25) is 5.91 Å². The number of anilines is 1. The smallest absolute Gasteiger partial charge is 0.225 e. The van der Waals surface area contributed by atoms with Crippen molar-refractivity contribution in [2.75, 3.05) is 44.3 Å². The summed E-state index contributed by atoms with van der Waals surface area (Å²) in [4.78, 5) is 20.8. The molecule has 2 aliphatic rings. The molecule has 0 radical (unpaired) electrons. The molecule has 6 nitrogen and oxygen atoms in total. The lowest BCUT2D eigenvalue weighted by molar-refractivity contribution is -0.140. The van der Waals surface area contributed by atoms with Gasteiger partial charge in [-0.15, -0.1) is 0 Å². The van der Waals surface area contributed by atoms with E-state index < -0.39 is 0 Å². The maximum Gasteiger partial charge on any atom is 0.225 e. The minimum atomic E-state index is 0.0708. The monoisotopic (exact) mass is 334 g/mol. The Bertz CT molecular complexity index is 617. The molecule has 0 aliphatic carbocycles. The third-order valence-electron chi connectivity index (χ3n) is 4.42. The zero-order chi connectivity index (χ0) is 16.2. The van der Waals surface area contributed by atoms with Gasteiger partial charge in [0.15, 0.2) is 0 Å². The van der Waals surface area contributed by atoms with Crippen molar-refractivity contribution in [2.45, 2.75) is 12.8 Å². The number of morpholine rings is 1. The van der Waals surface area contributed by atoms with Gasteiger partial charge >= 0.3 is 0 Å². The summed E-state index contributed by atoms with van der Waals surface area (Å²) in [6, 6.07) is 3.66. The molecule has 0 N–H and O–H groups in total. The van der Waals surface area contributed by atoms with Crippen LogP contribution in [0.5, 0.6) is 0 Å². The minimum absolute atomic E-state index is 0.0708. The number of carbonyl (C=O) groups excluding carboxylic acids is 1. The molecule has 0 unspecified atom stereocenters. The van der Waals surface area contributed by atoms with Crippen LogP contribution in [-0.2, 0) is 9.53 Å². The van der Waals surface area contributed by atoms with Crippen molar-refractivity contribution in [1.29, 1.82) is 5.26 Å². The first-order valence-corrected chi connectivity index (χ1v) is 8.24. The van der Waals surface area contributed by atoms with Crippen LogP contribution in [0.1, 0.15) is 18.4 Å². The molecule has 1 amide bonds. The summed E-state index contributed by atoms with van der Waals surface area (Å²) in [5.41, 5.74) is 0.455. The number of nitriles is 1. The van der Waals surface area contributed by atoms with E-state index in [2.05, 4.69) is 9.88 Å². The van der Waals surface area contributed by atoms with Crippen molar-refractivity contribution in [1.82, 2.24) is 9.88 Å². The fourth-order valence-electron chi connectivity index (χ4n) is 3.10. The second-order valence-electron chi connectivity index (χ2n) is 5.84. The Hall–Kier alpha value is -1.84. The molecular formula is C16H19ClN4O2. The van der Waals surface area contributed by atoms with Crippen molar-refractivity contribution in [3.8, 4) is 6.07 Å². The summed E-state index contributed by atoms with van der Waals surface area (Å²) < 4.78 is 5.30. The Morgan fingerprint density at radius 2 is 2.00 bits per heavy atom. The predicted molar refractivity (Wildman–Crippen MR) is 86.3 cm³/mol. The molecule has 3 heterocycles. The van der Waals surface area contributed by atoms with Gasteiger partial charge in [-0.3, -0.25) is 4.79 Å². The first kappa shape index (κ1) is 16.0. The van der Waals surface area contributed by atoms with Crippen LogP contribution in [0.4, 0.5) is 5.82 Å². The summed E-state index contributed by atoms with van der Waals surface area (Å²) in [7, 11) is 0. The van der Waals surface area contributed by atoms with Gasteiger partial charge in [0.1, 0.15) is 11.9 Å². The van der Waals surface area contributed by atoms with Crippen LogP contribution < -0.4 is 4.90 Å². The number of pyridine rings is 1. The first-order valence-electron chi connectivity index (χ1n) is 7.86. The van der Waals surface area contributed by atoms with E-state index in [-0.39, 0.29) is 11.8 Å². The van der Waals surface area contributed by atoms with Crippen LogP contribution >= 0.6 is 11.6 Å². The second-order valence-corrected chi connectivity index (χ2v) is 6.25. The van der Waals surface area contributed by atoms with Gasteiger partial charge in [0.25, 0.3) is 0 Å². The van der Waals surface area contributed by atoms with Gasteiger partial charge in [-0.25, -0.2) is 4.98 Å². The lowest BCUT2D eigenvalue weighted by Crippen LogP contribution is -2.47. The molecule has 0 aromatic carbocycles. The van der Waals surface area contributed by atoms with E-state index in [0.717, 1.165) is 25.9 Å². The normalized spacial score (nSPS) is 19.5. The van der Waals surface area contributed by atoms with Crippen molar-refractivity contribution in [3.05, 3.63) is 22.8 Å². The maximum atomic E-state index is 12.5. The third kappa shape index (κ3) is 3.57. The highest BCUT2D eigenvalue weighted by Gasteiger charge is 2.30. The maximum absolute atomic E-state index is 12.5. The average molecular weight is 335 g/mol. The summed E-state index contributed by atoms with van der Waals surface area (Å²) in [6.45, 7) is 4.16. The van der Waals surface area contributed by atoms with Gasteiger partial charge in [-0.1, -0.05) is 11.6 Å². The van der Waals surface area contributed by atoms with Crippen LogP contribution in [0.3, 0.4) is 0 Å². The molecule has 1 aromatic rings. The fourth-order valence-corrected chi connectivity index (χ4v) is 3.39. The fraction of sp³-hybridized carbons (Fsp3) is 0.562. The Balaban J connectivity index is 1.60. The Kier molecular flexibility index (Phi) is 4.99. The van der Waals surface area contributed by atoms with Gasteiger partial charge in [-0.05, 0) is 18.9 Å². The molecule has 122 valence electrons. The number of aromatic nitrogens is 1. The summed E-state index contributed by atoms with van der Waals surface area (Å²) in [5, 5.41) is 9.36. The highest BCUT2D eigenvalue weighted by molar-refractivity contribution is 6.33. The quantitative estimate of drug-likeness (QED) is 0.823. The number of hydrogen-bond acceptors (Lipinski definition) is 5. The SMILES string of the molecule is N#Cc1cnc(N2CCC(C(=O)N3CCOCC3)CC2)c(Cl)c1. The standard InChI is InChI=1S/C16H19ClN4O2/c17-14-9-12(10-18)11-19-15(14)20-3-1-13(2-4-20)16(22)21-5-7-23-8-6-21/h9,11,13H,1-8H2. The summed E-state index contributed by atoms with van der Waals surface area (Å²) in [6.07, 6.45) is 3.13. The lowest BCUT2D eigenvalue weighted by atomic mass is 9.95. The molecule has 7 heteroatoms. The number of hydrogen-bond donors (Lipinski definition) is 0. The Labute approximate surface area is 140 Å². The van der Waals surface area contributed by atoms with E-state index in [4.69, 9.17) is 21.6 Å². The Morgan fingerprint density at radius 3 is 2.61 bits per heavy atom. The van der Waals surface area contributed by atoms with E-state index in [0.29, 0.717) is 42.7 Å². The summed E-state index contributed by atoms with van der Waals surface area (Å²) >= 11 is 6.22. The van der Waals surface area contributed by atoms with Crippen LogP contribution in [0.15, 0.2) is 12.3 Å². The van der Waals surface area contributed by atoms with Crippen LogP contribution in [0, 0.1) is 17.2 Å². The molecular weight excluding hydrogens is 316 g/mol. The molecule has 0 atom stereocenters. The topological polar surface area (TPSA) is 69.5 Å². The zero-order valence-corrected chi connectivity index (χ0v) is 13.6. The van der Waals surface area contributed by atoms with Crippen LogP contribution in [-0.4, -0.2) is 55.2 Å². The van der Waals surface area contributed by atoms with E-state index in [1.165, 1.54) is 6.20 Å². The highest BCUT2D eigenvalue weighted by Crippen LogP contribution is 2.29. The van der Waals surface area contributed by atoms with E-state index in [1.54, 1.807) is 6.07 Å². The highest BCUT2D eigenvalue weighted by atomic mass is 35.5. The van der Waals surface area contributed by atoms with Crippen LogP contribution in [0.25, 0.3) is 0 Å². The van der Waals surface area contributed by atoms with Crippen molar-refractivity contribution in [3.63, 3.8) is 0 Å². The number of ether oxygens (including phenoxy) is 1. The molecule has 0 saturated carbocycles. The molecule has 3 rings (SSSR count). The van der Waals surface area contributed by atoms with Gasteiger partial charge in [0.05, 0.1) is 23.8 Å². The largest absolute Gasteiger partial charge is 0.378 e. The van der Waals surface area contributed by atoms with Crippen molar-refractivity contribution < 1.29 is 9.53 Å².